The van der Waals surface area contributed by atoms with Gasteiger partial charge in [0, 0.05) is 6.20 Å². The van der Waals surface area contributed by atoms with Gasteiger partial charge in [0.05, 0.1) is 13.7 Å². The molecule has 0 fully saturated rings. The van der Waals surface area contributed by atoms with Crippen molar-refractivity contribution in [2.24, 2.45) is 0 Å². The molecular weight excluding hydrogens is 230 g/mol. The molecule has 1 rings (SSSR count). The molecular formula is C9H13N3O5. The van der Waals surface area contributed by atoms with Gasteiger partial charge in [-0.3, -0.25) is 4.57 Å². The Balaban J connectivity index is 2.66. The first-order valence-corrected chi connectivity index (χ1v) is 4.71. The van der Waals surface area contributed by atoms with Gasteiger partial charge in [0.1, 0.15) is 12.5 Å². The average molecular weight is 243 g/mol. The van der Waals surface area contributed by atoms with Crippen molar-refractivity contribution in [3.8, 4) is 0 Å². The van der Waals surface area contributed by atoms with Crippen LogP contribution in [0.2, 0.25) is 0 Å². The standard InChI is InChI=1S/C9H13N3O5/c1-16-8(14)6(4-13)17-5-12-3-2-7(10)11-9(12)15/h2-3,6,13H,4-5H2,1H3,(H2,10,11,15). The molecule has 8 heteroatoms. The molecule has 1 unspecified atom stereocenters. The van der Waals surface area contributed by atoms with Gasteiger partial charge >= 0.3 is 11.7 Å². The molecule has 0 aromatic carbocycles. The van der Waals surface area contributed by atoms with Crippen LogP contribution in [0, 0.1) is 0 Å². The Morgan fingerprint density at radius 3 is 2.94 bits per heavy atom. The third-order valence-corrected chi connectivity index (χ3v) is 1.94. The summed E-state index contributed by atoms with van der Waals surface area (Å²) in [7, 11) is 1.17. The van der Waals surface area contributed by atoms with Gasteiger partial charge in [0.25, 0.3) is 0 Å². The van der Waals surface area contributed by atoms with E-state index in [0.717, 1.165) is 4.57 Å². The van der Waals surface area contributed by atoms with E-state index in [1.54, 1.807) is 0 Å². The Morgan fingerprint density at radius 1 is 1.71 bits per heavy atom. The summed E-state index contributed by atoms with van der Waals surface area (Å²) in [5.41, 5.74) is 4.69. The molecule has 94 valence electrons. The maximum absolute atomic E-state index is 11.3. The van der Waals surface area contributed by atoms with Crippen LogP contribution < -0.4 is 11.4 Å². The first-order valence-electron chi connectivity index (χ1n) is 4.71. The van der Waals surface area contributed by atoms with Gasteiger partial charge < -0.3 is 20.3 Å². The Morgan fingerprint density at radius 2 is 2.41 bits per heavy atom. The number of nitrogen functional groups attached to an aromatic ring is 1. The van der Waals surface area contributed by atoms with E-state index in [2.05, 4.69) is 9.72 Å². The van der Waals surface area contributed by atoms with Crippen LogP contribution in [-0.4, -0.2) is 40.4 Å². The first-order chi connectivity index (χ1) is 8.08. The summed E-state index contributed by atoms with van der Waals surface area (Å²) in [6, 6.07) is 1.41. The maximum atomic E-state index is 11.3. The minimum absolute atomic E-state index is 0.0953. The highest BCUT2D eigenvalue weighted by atomic mass is 16.6. The Bertz CT molecular complexity index is 445. The number of carbonyl (C=O) groups is 1. The van der Waals surface area contributed by atoms with Crippen LogP contribution in [-0.2, 0) is 21.0 Å². The number of ether oxygens (including phenoxy) is 2. The second-order valence-electron chi connectivity index (χ2n) is 3.09. The molecule has 0 aliphatic rings. The third kappa shape index (κ3) is 3.54. The molecule has 0 bridgehead atoms. The third-order valence-electron chi connectivity index (χ3n) is 1.94. The summed E-state index contributed by atoms with van der Waals surface area (Å²) >= 11 is 0. The number of hydrogen-bond donors (Lipinski definition) is 2. The van der Waals surface area contributed by atoms with Crippen LogP contribution in [0.1, 0.15) is 0 Å². The van der Waals surface area contributed by atoms with Crippen LogP contribution in [0.15, 0.2) is 17.1 Å². The smallest absolute Gasteiger partial charge is 0.351 e. The quantitative estimate of drug-likeness (QED) is 0.594. The van der Waals surface area contributed by atoms with Crippen molar-refractivity contribution in [2.75, 3.05) is 19.5 Å². The summed E-state index contributed by atoms with van der Waals surface area (Å²) in [5.74, 6) is -0.623. The zero-order valence-electron chi connectivity index (χ0n) is 9.20. The largest absolute Gasteiger partial charge is 0.467 e. The molecule has 17 heavy (non-hydrogen) atoms. The van der Waals surface area contributed by atoms with E-state index in [4.69, 9.17) is 15.6 Å². The predicted octanol–water partition coefficient (Wildman–Crippen LogP) is -1.67. The fourth-order valence-corrected chi connectivity index (χ4v) is 1.04. The van der Waals surface area contributed by atoms with E-state index in [0.29, 0.717) is 0 Å². The van der Waals surface area contributed by atoms with E-state index in [1.807, 2.05) is 0 Å². The number of nitrogens with two attached hydrogens (primary N) is 1. The predicted molar refractivity (Wildman–Crippen MR) is 56.9 cm³/mol. The highest BCUT2D eigenvalue weighted by Crippen LogP contribution is 1.97. The van der Waals surface area contributed by atoms with Crippen molar-refractivity contribution in [1.82, 2.24) is 9.55 Å². The monoisotopic (exact) mass is 243 g/mol. The van der Waals surface area contributed by atoms with Crippen LogP contribution in [0.25, 0.3) is 0 Å². The highest BCUT2D eigenvalue weighted by molar-refractivity contribution is 5.74. The van der Waals surface area contributed by atoms with E-state index >= 15 is 0 Å². The molecule has 0 saturated heterocycles. The van der Waals surface area contributed by atoms with Crippen molar-refractivity contribution in [3.05, 3.63) is 22.7 Å². The number of rotatable bonds is 5. The van der Waals surface area contributed by atoms with Gasteiger partial charge in [-0.2, -0.15) is 4.98 Å². The van der Waals surface area contributed by atoms with Crippen LogP contribution in [0.5, 0.6) is 0 Å². The Hall–Kier alpha value is -1.93. The number of methoxy groups -OCH3 is 1. The summed E-state index contributed by atoms with van der Waals surface area (Å²) in [5, 5.41) is 8.87. The molecule has 3 N–H and O–H groups in total. The van der Waals surface area contributed by atoms with Gasteiger partial charge in [-0.05, 0) is 6.07 Å². The molecule has 1 aromatic rings. The fourth-order valence-electron chi connectivity index (χ4n) is 1.04. The number of aromatic nitrogens is 2. The molecule has 1 aromatic heterocycles. The zero-order chi connectivity index (χ0) is 12.8. The fraction of sp³-hybridized carbons (Fsp3) is 0.444. The van der Waals surface area contributed by atoms with Gasteiger partial charge in [0.2, 0.25) is 0 Å². The molecule has 0 aliphatic heterocycles. The summed E-state index contributed by atoms with van der Waals surface area (Å²) < 4.78 is 10.5. The van der Waals surface area contributed by atoms with Crippen LogP contribution in [0.4, 0.5) is 5.82 Å². The van der Waals surface area contributed by atoms with Crippen LogP contribution in [0.3, 0.4) is 0 Å². The molecule has 8 nitrogen and oxygen atoms in total. The first kappa shape index (κ1) is 13.1. The Kier molecular flexibility index (Phi) is 4.61. The normalized spacial score (nSPS) is 12.1. The van der Waals surface area contributed by atoms with Crippen molar-refractivity contribution < 1.29 is 19.4 Å². The number of carbonyl (C=O) groups excluding carboxylic acids is 1. The van der Waals surface area contributed by atoms with Gasteiger partial charge in [-0.1, -0.05) is 0 Å². The second kappa shape index (κ2) is 5.97. The lowest BCUT2D eigenvalue weighted by Gasteiger charge is -2.13. The summed E-state index contributed by atoms with van der Waals surface area (Å²) in [4.78, 5) is 25.8. The number of aliphatic hydroxyl groups is 1. The minimum atomic E-state index is -1.13. The number of hydrogen-bond acceptors (Lipinski definition) is 7. The molecule has 0 aliphatic carbocycles. The number of aliphatic hydroxyl groups excluding tert-OH is 1. The van der Waals surface area contributed by atoms with Gasteiger partial charge in [-0.15, -0.1) is 0 Å². The summed E-state index contributed by atoms with van der Waals surface area (Å²) in [6.07, 6.45) is 0.237. The molecule has 1 atom stereocenters. The van der Waals surface area contributed by atoms with Crippen LogP contribution >= 0.6 is 0 Å². The topological polar surface area (TPSA) is 117 Å². The van der Waals surface area contributed by atoms with E-state index in [-0.39, 0.29) is 12.5 Å². The number of nitrogens with zero attached hydrogens (tertiary/aromatic N) is 2. The van der Waals surface area contributed by atoms with Crippen molar-refractivity contribution >= 4 is 11.8 Å². The van der Waals surface area contributed by atoms with Crippen molar-refractivity contribution in [2.45, 2.75) is 12.8 Å². The van der Waals surface area contributed by atoms with Crippen molar-refractivity contribution in [3.63, 3.8) is 0 Å². The zero-order valence-corrected chi connectivity index (χ0v) is 9.20. The number of esters is 1. The highest BCUT2D eigenvalue weighted by Gasteiger charge is 2.18. The molecule has 0 amide bonds. The van der Waals surface area contributed by atoms with Gasteiger partial charge in [-0.25, -0.2) is 9.59 Å². The Labute approximate surface area is 96.6 Å². The molecule has 0 spiro atoms. The lowest BCUT2D eigenvalue weighted by molar-refractivity contribution is -0.159. The number of anilines is 1. The van der Waals surface area contributed by atoms with E-state index in [9.17, 15) is 9.59 Å². The summed E-state index contributed by atoms with van der Waals surface area (Å²) in [6.45, 7) is -0.768. The maximum Gasteiger partial charge on any atom is 0.351 e. The second-order valence-corrected chi connectivity index (χ2v) is 3.09. The minimum Gasteiger partial charge on any atom is -0.467 e. The van der Waals surface area contributed by atoms with E-state index in [1.165, 1.54) is 19.4 Å². The molecule has 0 saturated carbocycles. The lowest BCUT2D eigenvalue weighted by Crippen LogP contribution is -2.32. The van der Waals surface area contributed by atoms with Crippen molar-refractivity contribution in [1.29, 1.82) is 0 Å². The molecule has 0 radical (unpaired) electrons. The van der Waals surface area contributed by atoms with Gasteiger partial charge in [0.15, 0.2) is 6.10 Å². The SMILES string of the molecule is COC(=O)C(CO)OCn1ccc(N)nc1=O. The van der Waals surface area contributed by atoms with E-state index < -0.39 is 24.4 Å². The lowest BCUT2D eigenvalue weighted by atomic mass is 10.4. The molecule has 1 heterocycles. The average Bonchev–Trinajstić information content (AvgIpc) is 2.31.